The maximum absolute atomic E-state index is 2.22. The molecule has 0 N–H and O–H groups in total. The Balaban J connectivity index is 1.21. The van der Waals surface area contributed by atoms with Crippen LogP contribution < -0.4 is 0 Å². The second-order valence-electron chi connectivity index (χ2n) is 6.89. The maximum Gasteiger partial charge on any atom is 0.0717 e. The van der Waals surface area contributed by atoms with Crippen LogP contribution in [0.5, 0.6) is 0 Å². The summed E-state index contributed by atoms with van der Waals surface area (Å²) in [7, 11) is 0. The van der Waals surface area contributed by atoms with E-state index in [0.717, 1.165) is 0 Å². The molecule has 210 valence electrons. The van der Waals surface area contributed by atoms with Crippen molar-refractivity contribution in [2.45, 2.75) is 12.8 Å². The quantitative estimate of drug-likeness (QED) is 0.162. The highest BCUT2D eigenvalue weighted by atomic mass is 32.3. The summed E-state index contributed by atoms with van der Waals surface area (Å²) in [5.74, 6) is 2.42. The minimum Gasteiger partial charge on any atom is -0.121 e. The standard InChI is InChI=1S/C22H26S16/c1-23-11-12(24-2)32-19(31-11)21-35-15(27-5)17(37-21)29-9-7-8-10-30-18-16(28-6)36-22(38-18)20-33-13(25-3)14(26-4)34-20/h7-10H2,1-6H3. The minimum absolute atomic E-state index is 1.21. The molecule has 0 aliphatic carbocycles. The first-order chi connectivity index (χ1) is 18.5. The summed E-state index contributed by atoms with van der Waals surface area (Å²) >= 11 is 31.4. The topological polar surface area (TPSA) is 0 Å². The van der Waals surface area contributed by atoms with E-state index in [-0.39, 0.29) is 0 Å². The van der Waals surface area contributed by atoms with Crippen molar-refractivity contribution in [3.05, 3.63) is 50.8 Å². The molecule has 0 aromatic carbocycles. The Morgan fingerprint density at radius 1 is 0.342 bits per heavy atom. The van der Waals surface area contributed by atoms with Crippen LogP contribution in [0.3, 0.4) is 0 Å². The summed E-state index contributed by atoms with van der Waals surface area (Å²) in [4.78, 5) is 0. The fourth-order valence-corrected chi connectivity index (χ4v) is 24.5. The molecule has 0 aromatic rings. The van der Waals surface area contributed by atoms with E-state index in [1.165, 1.54) is 75.2 Å². The molecule has 16 heteroatoms. The van der Waals surface area contributed by atoms with Gasteiger partial charge in [-0.3, -0.25) is 0 Å². The number of hydrogen-bond donors (Lipinski definition) is 0. The summed E-state index contributed by atoms with van der Waals surface area (Å²) in [5, 5.41) is 0. The van der Waals surface area contributed by atoms with Gasteiger partial charge < -0.3 is 0 Å². The molecule has 0 saturated heterocycles. The van der Waals surface area contributed by atoms with Gasteiger partial charge in [0.05, 0.1) is 50.8 Å². The number of thioether (sulfide) groups is 16. The normalized spacial score (nSPS) is 20.7. The first kappa shape index (κ1) is 34.9. The van der Waals surface area contributed by atoms with Crippen LogP contribution in [-0.2, 0) is 0 Å². The molecule has 0 bridgehead atoms. The Hall–Kier alpha value is 4.04. The zero-order chi connectivity index (χ0) is 27.1. The number of rotatable bonds is 13. The van der Waals surface area contributed by atoms with E-state index >= 15 is 0 Å². The minimum atomic E-state index is 1.21. The van der Waals surface area contributed by atoms with Crippen molar-refractivity contribution in [3.8, 4) is 0 Å². The third-order valence-corrected chi connectivity index (χ3v) is 27.0. The molecule has 38 heavy (non-hydrogen) atoms. The summed E-state index contributed by atoms with van der Waals surface area (Å²) in [5.41, 5.74) is 0. The van der Waals surface area contributed by atoms with Gasteiger partial charge in [0.2, 0.25) is 0 Å². The highest BCUT2D eigenvalue weighted by Gasteiger charge is 2.31. The lowest BCUT2D eigenvalue weighted by Gasteiger charge is -2.05. The number of hydrogen-bond acceptors (Lipinski definition) is 16. The second kappa shape index (κ2) is 18.3. The van der Waals surface area contributed by atoms with E-state index in [4.69, 9.17) is 0 Å². The molecule has 0 fully saturated rings. The van der Waals surface area contributed by atoms with Crippen molar-refractivity contribution >= 4 is 188 Å². The molecule has 4 heterocycles. The fourth-order valence-electron chi connectivity index (χ4n) is 2.88. The van der Waals surface area contributed by atoms with E-state index in [2.05, 4.69) is 61.1 Å². The van der Waals surface area contributed by atoms with Crippen LogP contribution in [0.4, 0.5) is 0 Å². The largest absolute Gasteiger partial charge is 0.121 e. The molecular weight excluding hydrogens is 777 g/mol. The van der Waals surface area contributed by atoms with Gasteiger partial charge in [0.25, 0.3) is 0 Å². The van der Waals surface area contributed by atoms with Crippen LogP contribution in [-0.4, -0.2) is 49.0 Å². The molecule has 0 nitrogen and oxygen atoms in total. The molecule has 0 spiro atoms. The summed E-state index contributed by atoms with van der Waals surface area (Å²) in [6, 6.07) is 0. The SMILES string of the molecule is CSC1=C(SC)SC(=C2SC(SC)=C(SCCCCSC3=C(SC)SC(=C4SC(SC)=C(SC)S4)S3)S2)S1. The van der Waals surface area contributed by atoms with Crippen molar-refractivity contribution in [3.63, 3.8) is 0 Å². The molecule has 4 aliphatic rings. The molecular formula is C22H26S16. The zero-order valence-corrected chi connectivity index (χ0v) is 34.4. The van der Waals surface area contributed by atoms with E-state index in [1.54, 1.807) is 0 Å². The van der Waals surface area contributed by atoms with E-state index in [0.29, 0.717) is 0 Å². The Kier molecular flexibility index (Phi) is 16.8. The van der Waals surface area contributed by atoms with Crippen LogP contribution >= 0.6 is 188 Å². The van der Waals surface area contributed by atoms with Crippen LogP contribution in [0, 0.1) is 0 Å². The van der Waals surface area contributed by atoms with Crippen molar-refractivity contribution in [2.75, 3.05) is 49.0 Å². The highest BCUT2D eigenvalue weighted by molar-refractivity contribution is 8.46. The van der Waals surface area contributed by atoms with Gasteiger partial charge in [0.15, 0.2) is 0 Å². The summed E-state index contributed by atoms with van der Waals surface area (Å²) in [6.07, 6.45) is 15.8. The first-order valence-electron chi connectivity index (χ1n) is 10.9. The van der Waals surface area contributed by atoms with Gasteiger partial charge in [0.1, 0.15) is 0 Å². The molecule has 4 rings (SSSR count). The summed E-state index contributed by atoms with van der Waals surface area (Å²) < 4.78 is 17.8. The lowest BCUT2D eigenvalue weighted by atomic mass is 10.4. The smallest absolute Gasteiger partial charge is 0.0717 e. The third-order valence-electron chi connectivity index (χ3n) is 4.60. The average molecular weight is 804 g/mol. The summed E-state index contributed by atoms with van der Waals surface area (Å²) in [6.45, 7) is 0. The van der Waals surface area contributed by atoms with Crippen LogP contribution in [0.15, 0.2) is 50.8 Å². The van der Waals surface area contributed by atoms with Crippen LogP contribution in [0.2, 0.25) is 0 Å². The predicted octanol–water partition coefficient (Wildman–Crippen LogP) is 14.1. The molecule has 0 atom stereocenters. The average Bonchev–Trinajstić information content (AvgIpc) is 3.73. The van der Waals surface area contributed by atoms with Crippen molar-refractivity contribution in [1.29, 1.82) is 0 Å². The monoisotopic (exact) mass is 802 g/mol. The lowest BCUT2D eigenvalue weighted by molar-refractivity contribution is 0.910. The lowest BCUT2D eigenvalue weighted by Crippen LogP contribution is -1.84. The van der Waals surface area contributed by atoms with E-state index in [1.807, 2.05) is 165 Å². The first-order valence-corrected chi connectivity index (χ1v) is 26.8. The predicted molar refractivity (Wildman–Crippen MR) is 218 cm³/mol. The Morgan fingerprint density at radius 2 is 0.553 bits per heavy atom. The molecule has 0 aromatic heterocycles. The van der Waals surface area contributed by atoms with Gasteiger partial charge in [-0.1, -0.05) is 94.1 Å². The van der Waals surface area contributed by atoms with E-state index < -0.39 is 0 Å². The molecule has 4 aliphatic heterocycles. The van der Waals surface area contributed by atoms with Crippen LogP contribution in [0.1, 0.15) is 12.8 Å². The van der Waals surface area contributed by atoms with Gasteiger partial charge in [-0.05, 0) is 61.9 Å². The molecule has 0 saturated carbocycles. The zero-order valence-electron chi connectivity index (χ0n) is 21.4. The van der Waals surface area contributed by atoms with Gasteiger partial charge in [0, 0.05) is 0 Å². The van der Waals surface area contributed by atoms with Crippen molar-refractivity contribution in [2.24, 2.45) is 0 Å². The van der Waals surface area contributed by atoms with Gasteiger partial charge in [-0.15, -0.1) is 94.1 Å². The van der Waals surface area contributed by atoms with E-state index in [9.17, 15) is 0 Å². The second-order valence-corrected chi connectivity index (χ2v) is 25.3. The molecule has 0 unspecified atom stereocenters. The van der Waals surface area contributed by atoms with Gasteiger partial charge >= 0.3 is 0 Å². The Morgan fingerprint density at radius 3 is 0.789 bits per heavy atom. The van der Waals surface area contributed by atoms with Crippen molar-refractivity contribution < 1.29 is 0 Å². The fraction of sp³-hybridized carbons (Fsp3) is 0.455. The molecule has 0 amide bonds. The number of unbranched alkanes of at least 4 members (excludes halogenated alkanes) is 1. The Bertz CT molecular complexity index is 973. The molecule has 0 radical (unpaired) electrons. The van der Waals surface area contributed by atoms with Crippen molar-refractivity contribution in [1.82, 2.24) is 0 Å². The van der Waals surface area contributed by atoms with Gasteiger partial charge in [-0.25, -0.2) is 0 Å². The Labute approximate surface area is 296 Å². The van der Waals surface area contributed by atoms with Crippen LogP contribution in [0.25, 0.3) is 0 Å². The highest BCUT2D eigenvalue weighted by Crippen LogP contribution is 2.67. The third kappa shape index (κ3) is 9.29. The maximum atomic E-state index is 2.22. The van der Waals surface area contributed by atoms with Gasteiger partial charge in [-0.2, -0.15) is 0 Å².